The molecule has 0 spiro atoms. The maximum absolute atomic E-state index is 13.0. The Labute approximate surface area is 113 Å². The highest BCUT2D eigenvalue weighted by Crippen LogP contribution is 2.36. The molecule has 0 saturated carbocycles. The molecule has 0 aliphatic heterocycles. The Kier molecular flexibility index (Phi) is 2.78. The summed E-state index contributed by atoms with van der Waals surface area (Å²) < 4.78 is 39.1. The third-order valence-electron chi connectivity index (χ3n) is 3.20. The average Bonchev–Trinajstić information content (AvgIpc) is 2.83. The second-order valence-electron chi connectivity index (χ2n) is 4.60. The molecule has 2 aromatic carbocycles. The van der Waals surface area contributed by atoms with Gasteiger partial charge in [-0.1, -0.05) is 30.3 Å². The Balaban J connectivity index is 2.24. The van der Waals surface area contributed by atoms with Crippen molar-refractivity contribution in [2.45, 2.75) is 13.1 Å². The zero-order chi connectivity index (χ0) is 14.3. The van der Waals surface area contributed by atoms with E-state index in [0.29, 0.717) is 5.52 Å². The molecule has 2 nitrogen and oxygen atoms in total. The normalized spacial score (nSPS) is 12.0. The van der Waals surface area contributed by atoms with E-state index in [1.807, 2.05) is 19.1 Å². The van der Waals surface area contributed by atoms with Crippen molar-refractivity contribution in [2.75, 3.05) is 0 Å². The molecule has 1 heterocycles. The molecule has 0 amide bonds. The lowest BCUT2D eigenvalue weighted by atomic mass is 10.1. The predicted octanol–water partition coefficient (Wildman–Crippen LogP) is 4.56. The largest absolute Gasteiger partial charge is 0.417 e. The van der Waals surface area contributed by atoms with Crippen molar-refractivity contribution < 1.29 is 13.2 Å². The van der Waals surface area contributed by atoms with E-state index in [2.05, 4.69) is 9.97 Å². The van der Waals surface area contributed by atoms with E-state index in [4.69, 9.17) is 0 Å². The smallest absolute Gasteiger partial charge is 0.338 e. The SMILES string of the molecule is Cc1cccc2[nH]c(-c3ccccc3C(F)(F)F)nc12. The molecule has 0 radical (unpaired) electrons. The van der Waals surface area contributed by atoms with E-state index in [1.165, 1.54) is 12.1 Å². The number of benzene rings is 2. The number of nitrogens with zero attached hydrogens (tertiary/aromatic N) is 1. The molecule has 20 heavy (non-hydrogen) atoms. The monoisotopic (exact) mass is 276 g/mol. The van der Waals surface area contributed by atoms with E-state index in [9.17, 15) is 13.2 Å². The van der Waals surface area contributed by atoms with Crippen LogP contribution >= 0.6 is 0 Å². The summed E-state index contributed by atoms with van der Waals surface area (Å²) in [6, 6.07) is 11.0. The van der Waals surface area contributed by atoms with Gasteiger partial charge in [0.1, 0.15) is 5.82 Å². The van der Waals surface area contributed by atoms with Gasteiger partial charge in [0.15, 0.2) is 0 Å². The zero-order valence-electron chi connectivity index (χ0n) is 10.6. The Morgan fingerprint density at radius 1 is 1.00 bits per heavy atom. The van der Waals surface area contributed by atoms with Crippen LogP contribution in [0.3, 0.4) is 0 Å². The Morgan fingerprint density at radius 2 is 1.75 bits per heavy atom. The fraction of sp³-hybridized carbons (Fsp3) is 0.133. The number of para-hydroxylation sites is 1. The van der Waals surface area contributed by atoms with E-state index in [0.717, 1.165) is 17.1 Å². The molecule has 0 saturated heterocycles. The minimum Gasteiger partial charge on any atom is -0.338 e. The van der Waals surface area contributed by atoms with Crippen molar-refractivity contribution in [3.8, 4) is 11.4 Å². The number of aromatic amines is 1. The van der Waals surface area contributed by atoms with E-state index in [1.54, 1.807) is 12.1 Å². The van der Waals surface area contributed by atoms with E-state index >= 15 is 0 Å². The summed E-state index contributed by atoms with van der Waals surface area (Å²) in [5.41, 5.74) is 1.73. The molecule has 0 unspecified atom stereocenters. The lowest BCUT2D eigenvalue weighted by Gasteiger charge is -2.10. The van der Waals surface area contributed by atoms with Crippen LogP contribution in [-0.4, -0.2) is 9.97 Å². The summed E-state index contributed by atoms with van der Waals surface area (Å²) in [5.74, 6) is 0.238. The molecular weight excluding hydrogens is 265 g/mol. The fourth-order valence-electron chi connectivity index (χ4n) is 2.24. The van der Waals surface area contributed by atoms with Crippen LogP contribution in [0.2, 0.25) is 0 Å². The highest BCUT2D eigenvalue weighted by Gasteiger charge is 2.34. The van der Waals surface area contributed by atoms with Gasteiger partial charge in [-0.2, -0.15) is 13.2 Å². The number of aryl methyl sites for hydroxylation is 1. The minimum absolute atomic E-state index is 0.0654. The molecule has 0 aliphatic rings. The number of nitrogens with one attached hydrogen (secondary N) is 1. The summed E-state index contributed by atoms with van der Waals surface area (Å²) >= 11 is 0. The van der Waals surface area contributed by atoms with Gasteiger partial charge in [-0.3, -0.25) is 0 Å². The number of rotatable bonds is 1. The molecule has 1 N–H and O–H groups in total. The van der Waals surface area contributed by atoms with E-state index in [-0.39, 0.29) is 11.4 Å². The van der Waals surface area contributed by atoms with Crippen LogP contribution in [0, 0.1) is 6.92 Å². The molecule has 0 aliphatic carbocycles. The summed E-state index contributed by atoms with van der Waals surface area (Å²) in [4.78, 5) is 7.26. The molecular formula is C15H11F3N2. The van der Waals surface area contributed by atoms with Gasteiger partial charge >= 0.3 is 6.18 Å². The van der Waals surface area contributed by atoms with Crippen molar-refractivity contribution in [3.05, 3.63) is 53.6 Å². The second-order valence-corrected chi connectivity index (χ2v) is 4.60. The second kappa shape index (κ2) is 4.37. The van der Waals surface area contributed by atoms with Crippen molar-refractivity contribution in [3.63, 3.8) is 0 Å². The Morgan fingerprint density at radius 3 is 2.45 bits per heavy atom. The van der Waals surface area contributed by atoms with Crippen molar-refractivity contribution >= 4 is 11.0 Å². The summed E-state index contributed by atoms with van der Waals surface area (Å²) in [5, 5.41) is 0. The van der Waals surface area contributed by atoms with Gasteiger partial charge in [-0.05, 0) is 24.6 Å². The zero-order valence-corrected chi connectivity index (χ0v) is 10.6. The van der Waals surface area contributed by atoms with Gasteiger partial charge in [0.05, 0.1) is 16.6 Å². The van der Waals surface area contributed by atoms with Crippen LogP contribution in [0.4, 0.5) is 13.2 Å². The van der Waals surface area contributed by atoms with Gasteiger partial charge in [-0.15, -0.1) is 0 Å². The predicted molar refractivity (Wildman–Crippen MR) is 71.3 cm³/mol. The first kappa shape index (κ1) is 12.7. The number of halogens is 3. The highest BCUT2D eigenvalue weighted by atomic mass is 19.4. The molecule has 1 aromatic heterocycles. The quantitative estimate of drug-likeness (QED) is 0.693. The van der Waals surface area contributed by atoms with Crippen LogP contribution in [0.25, 0.3) is 22.4 Å². The highest BCUT2D eigenvalue weighted by molar-refractivity contribution is 5.82. The van der Waals surface area contributed by atoms with Gasteiger partial charge in [-0.25, -0.2) is 4.98 Å². The Bertz CT molecular complexity index is 772. The number of imidazole rings is 1. The van der Waals surface area contributed by atoms with Crippen LogP contribution in [-0.2, 0) is 6.18 Å². The summed E-state index contributed by atoms with van der Waals surface area (Å²) in [6.07, 6.45) is -4.40. The lowest BCUT2D eigenvalue weighted by molar-refractivity contribution is -0.137. The standard InChI is InChI=1S/C15H11F3N2/c1-9-5-4-8-12-13(9)20-14(19-12)10-6-2-3-7-11(10)15(16,17)18/h2-8H,1H3,(H,19,20). The maximum Gasteiger partial charge on any atom is 0.417 e. The van der Waals surface area contributed by atoms with Gasteiger partial charge in [0.2, 0.25) is 0 Å². The van der Waals surface area contributed by atoms with Crippen molar-refractivity contribution in [1.82, 2.24) is 9.97 Å². The van der Waals surface area contributed by atoms with Crippen molar-refractivity contribution in [1.29, 1.82) is 0 Å². The number of aromatic nitrogens is 2. The molecule has 0 bridgehead atoms. The van der Waals surface area contributed by atoms with Crippen molar-refractivity contribution in [2.24, 2.45) is 0 Å². The average molecular weight is 276 g/mol. The van der Waals surface area contributed by atoms with Crippen LogP contribution in [0.15, 0.2) is 42.5 Å². The molecule has 3 aromatic rings. The molecule has 0 atom stereocenters. The Hall–Kier alpha value is -2.30. The number of H-pyrrole nitrogens is 1. The summed E-state index contributed by atoms with van der Waals surface area (Å²) in [6.45, 7) is 1.88. The number of fused-ring (bicyclic) bond motifs is 1. The fourth-order valence-corrected chi connectivity index (χ4v) is 2.24. The molecule has 0 fully saturated rings. The van der Waals surface area contributed by atoms with Crippen LogP contribution < -0.4 is 0 Å². The number of hydrogen-bond donors (Lipinski definition) is 1. The molecule has 5 heteroatoms. The first-order chi connectivity index (χ1) is 9.47. The third-order valence-corrected chi connectivity index (χ3v) is 3.20. The molecule has 102 valence electrons. The van der Waals surface area contributed by atoms with Crippen LogP contribution in [0.5, 0.6) is 0 Å². The first-order valence-corrected chi connectivity index (χ1v) is 6.09. The minimum atomic E-state index is -4.40. The molecule has 3 rings (SSSR count). The van der Waals surface area contributed by atoms with Gasteiger partial charge in [0.25, 0.3) is 0 Å². The van der Waals surface area contributed by atoms with E-state index < -0.39 is 11.7 Å². The van der Waals surface area contributed by atoms with Gasteiger partial charge in [0, 0.05) is 5.56 Å². The first-order valence-electron chi connectivity index (χ1n) is 6.09. The lowest BCUT2D eigenvalue weighted by Crippen LogP contribution is -2.07. The number of hydrogen-bond acceptors (Lipinski definition) is 1. The van der Waals surface area contributed by atoms with Gasteiger partial charge < -0.3 is 4.98 Å². The van der Waals surface area contributed by atoms with Crippen LogP contribution in [0.1, 0.15) is 11.1 Å². The third kappa shape index (κ3) is 2.05. The number of alkyl halides is 3. The summed E-state index contributed by atoms with van der Waals surface area (Å²) in [7, 11) is 0. The topological polar surface area (TPSA) is 28.7 Å². The maximum atomic E-state index is 13.0.